The highest BCUT2D eigenvalue weighted by atomic mass is 35.5. The molecule has 1 aromatic heterocycles. The Labute approximate surface area is 197 Å². The fourth-order valence-electron chi connectivity index (χ4n) is 3.65. The summed E-state index contributed by atoms with van der Waals surface area (Å²) in [5.41, 5.74) is 3.56. The molecule has 0 unspecified atom stereocenters. The lowest BCUT2D eigenvalue weighted by Gasteiger charge is -2.15. The smallest absolute Gasteiger partial charge is 0.227 e. The Bertz CT molecular complexity index is 1210. The number of nitrogens with one attached hydrogen (secondary N) is 1. The van der Waals surface area contributed by atoms with Crippen LogP contribution in [0.5, 0.6) is 0 Å². The molecule has 7 heteroatoms. The monoisotopic (exact) mass is 463 g/mol. The van der Waals surface area contributed by atoms with E-state index in [1.54, 1.807) is 0 Å². The molecule has 6 nitrogen and oxygen atoms in total. The van der Waals surface area contributed by atoms with E-state index < -0.39 is 6.10 Å². The molecule has 0 radical (unpaired) electrons. The lowest BCUT2D eigenvalue weighted by molar-refractivity contribution is -0.120. The number of halogens is 1. The maximum atomic E-state index is 12.6. The van der Waals surface area contributed by atoms with Gasteiger partial charge < -0.3 is 19.7 Å². The number of carbonyl (C=O) groups excluding carboxylic acids is 1. The molecule has 0 aliphatic rings. The molecule has 1 atom stereocenters. The number of imidazole rings is 1. The van der Waals surface area contributed by atoms with Crippen LogP contribution in [0.4, 0.5) is 0 Å². The molecule has 0 aliphatic heterocycles. The molecule has 4 aromatic rings. The Morgan fingerprint density at radius 2 is 1.76 bits per heavy atom. The van der Waals surface area contributed by atoms with Crippen LogP contribution in [0, 0.1) is 0 Å². The number of benzene rings is 3. The number of para-hydroxylation sites is 2. The fourth-order valence-corrected chi connectivity index (χ4v) is 3.84. The summed E-state index contributed by atoms with van der Waals surface area (Å²) in [6.07, 6.45) is -0.648. The number of aromatic nitrogens is 2. The quantitative estimate of drug-likeness (QED) is 0.371. The molecule has 0 saturated carbocycles. The molecule has 4 rings (SSSR count). The standard InChI is InChI=1S/C26H26ClN3O3/c27-22-11-5-4-10-20(22)17-33-18-21(31)16-30-24-13-7-6-12-23(24)29-25(30)14-26(32)28-15-19-8-2-1-3-9-19/h1-13,21,31H,14-18H2,(H,28,32)/t21-/m1/s1. The first kappa shape index (κ1) is 23.0. The maximum absolute atomic E-state index is 12.6. The van der Waals surface area contributed by atoms with Gasteiger partial charge in [0, 0.05) is 11.6 Å². The molecular formula is C26H26ClN3O3. The summed E-state index contributed by atoms with van der Waals surface area (Å²) in [5, 5.41) is 14.2. The van der Waals surface area contributed by atoms with E-state index in [2.05, 4.69) is 10.3 Å². The fraction of sp³-hybridized carbons (Fsp3) is 0.231. The summed E-state index contributed by atoms with van der Waals surface area (Å²) in [5.74, 6) is 0.479. The molecule has 0 spiro atoms. The summed E-state index contributed by atoms with van der Waals surface area (Å²) in [4.78, 5) is 17.2. The highest BCUT2D eigenvalue weighted by Crippen LogP contribution is 2.18. The Hall–Kier alpha value is -3.19. The number of hydrogen-bond acceptors (Lipinski definition) is 4. The predicted octanol–water partition coefficient (Wildman–Crippen LogP) is 4.13. The molecule has 0 aliphatic carbocycles. The van der Waals surface area contributed by atoms with Crippen molar-refractivity contribution in [2.75, 3.05) is 6.61 Å². The third kappa shape index (κ3) is 6.20. The Kier molecular flexibility index (Phi) is 7.73. The number of aliphatic hydroxyl groups excluding tert-OH is 1. The zero-order chi connectivity index (χ0) is 23.0. The van der Waals surface area contributed by atoms with E-state index >= 15 is 0 Å². The Morgan fingerprint density at radius 1 is 1.03 bits per heavy atom. The molecule has 170 valence electrons. The van der Waals surface area contributed by atoms with Gasteiger partial charge in [-0.2, -0.15) is 0 Å². The average Bonchev–Trinajstić information content (AvgIpc) is 3.16. The number of rotatable bonds is 10. The highest BCUT2D eigenvalue weighted by molar-refractivity contribution is 6.31. The molecule has 1 heterocycles. The van der Waals surface area contributed by atoms with Gasteiger partial charge in [-0.3, -0.25) is 4.79 Å². The van der Waals surface area contributed by atoms with E-state index in [9.17, 15) is 9.90 Å². The Balaban J connectivity index is 1.40. The topological polar surface area (TPSA) is 76.4 Å². The first-order valence-corrected chi connectivity index (χ1v) is 11.2. The third-order valence-corrected chi connectivity index (χ3v) is 5.67. The second-order valence-corrected chi connectivity index (χ2v) is 8.23. The minimum atomic E-state index is -0.767. The summed E-state index contributed by atoms with van der Waals surface area (Å²) in [6.45, 7) is 1.18. The van der Waals surface area contributed by atoms with Gasteiger partial charge in [0.1, 0.15) is 5.82 Å². The van der Waals surface area contributed by atoms with Gasteiger partial charge in [0.05, 0.1) is 43.3 Å². The number of nitrogens with zero attached hydrogens (tertiary/aromatic N) is 2. The molecule has 0 saturated heterocycles. The van der Waals surface area contributed by atoms with Gasteiger partial charge in [0.15, 0.2) is 0 Å². The van der Waals surface area contributed by atoms with Gasteiger partial charge in [0.25, 0.3) is 0 Å². The van der Waals surface area contributed by atoms with E-state index in [0.717, 1.165) is 22.2 Å². The van der Waals surface area contributed by atoms with Crippen LogP contribution >= 0.6 is 11.6 Å². The minimum Gasteiger partial charge on any atom is -0.389 e. The normalized spacial score (nSPS) is 12.1. The molecule has 0 bridgehead atoms. The predicted molar refractivity (Wildman–Crippen MR) is 129 cm³/mol. The van der Waals surface area contributed by atoms with Crippen molar-refractivity contribution >= 4 is 28.5 Å². The van der Waals surface area contributed by atoms with Gasteiger partial charge in [-0.05, 0) is 29.3 Å². The van der Waals surface area contributed by atoms with Gasteiger partial charge in [-0.15, -0.1) is 0 Å². The first-order chi connectivity index (χ1) is 16.1. The third-order valence-electron chi connectivity index (χ3n) is 5.30. The molecule has 2 N–H and O–H groups in total. The summed E-state index contributed by atoms with van der Waals surface area (Å²) >= 11 is 6.16. The van der Waals surface area contributed by atoms with Gasteiger partial charge in [-0.25, -0.2) is 4.98 Å². The summed E-state index contributed by atoms with van der Waals surface area (Å²) < 4.78 is 7.57. The molecule has 3 aromatic carbocycles. The zero-order valence-electron chi connectivity index (χ0n) is 18.2. The highest BCUT2D eigenvalue weighted by Gasteiger charge is 2.17. The number of aliphatic hydroxyl groups is 1. The SMILES string of the molecule is O=C(Cc1nc2ccccc2n1C[C@@H](O)COCc1ccccc1Cl)NCc1ccccc1. The van der Waals surface area contributed by atoms with Gasteiger partial charge in [0.2, 0.25) is 5.91 Å². The van der Waals surface area contributed by atoms with Crippen molar-refractivity contribution in [3.8, 4) is 0 Å². The van der Waals surface area contributed by atoms with E-state index in [4.69, 9.17) is 16.3 Å². The summed E-state index contributed by atoms with van der Waals surface area (Å²) in [6, 6.07) is 24.9. The van der Waals surface area contributed by atoms with Crippen LogP contribution in [0.25, 0.3) is 11.0 Å². The lowest BCUT2D eigenvalue weighted by atomic mass is 10.2. The van der Waals surface area contributed by atoms with Crippen molar-refractivity contribution in [2.45, 2.75) is 32.2 Å². The van der Waals surface area contributed by atoms with E-state index in [1.165, 1.54) is 0 Å². The van der Waals surface area contributed by atoms with Crippen molar-refractivity contribution in [1.29, 1.82) is 0 Å². The lowest BCUT2D eigenvalue weighted by Crippen LogP contribution is -2.28. The largest absolute Gasteiger partial charge is 0.389 e. The average molecular weight is 464 g/mol. The Morgan fingerprint density at radius 3 is 2.58 bits per heavy atom. The minimum absolute atomic E-state index is 0.120. The molecular weight excluding hydrogens is 438 g/mol. The summed E-state index contributed by atoms with van der Waals surface area (Å²) in [7, 11) is 0. The van der Waals surface area contributed by atoms with Gasteiger partial charge in [-0.1, -0.05) is 72.3 Å². The zero-order valence-corrected chi connectivity index (χ0v) is 18.9. The van der Waals surface area contributed by atoms with Crippen molar-refractivity contribution in [3.63, 3.8) is 0 Å². The number of fused-ring (bicyclic) bond motifs is 1. The number of amides is 1. The van der Waals surface area contributed by atoms with Gasteiger partial charge >= 0.3 is 0 Å². The number of hydrogen-bond donors (Lipinski definition) is 2. The number of carbonyl (C=O) groups is 1. The molecule has 0 fully saturated rings. The van der Waals surface area contributed by atoms with Crippen LogP contribution in [-0.2, 0) is 35.6 Å². The molecule has 33 heavy (non-hydrogen) atoms. The second-order valence-electron chi connectivity index (χ2n) is 7.83. The van der Waals surface area contributed by atoms with Crippen molar-refractivity contribution in [1.82, 2.24) is 14.9 Å². The van der Waals surface area contributed by atoms with Crippen molar-refractivity contribution in [2.24, 2.45) is 0 Å². The van der Waals surface area contributed by atoms with E-state index in [-0.39, 0.29) is 25.5 Å². The van der Waals surface area contributed by atoms with Crippen LogP contribution in [-0.4, -0.2) is 33.3 Å². The van der Waals surface area contributed by atoms with E-state index in [0.29, 0.717) is 24.0 Å². The van der Waals surface area contributed by atoms with Crippen LogP contribution in [0.1, 0.15) is 17.0 Å². The molecule has 1 amide bonds. The van der Waals surface area contributed by atoms with Crippen LogP contribution in [0.15, 0.2) is 78.9 Å². The van der Waals surface area contributed by atoms with Crippen LogP contribution in [0.3, 0.4) is 0 Å². The second kappa shape index (κ2) is 11.1. The van der Waals surface area contributed by atoms with Crippen molar-refractivity contribution < 1.29 is 14.6 Å². The maximum Gasteiger partial charge on any atom is 0.227 e. The van der Waals surface area contributed by atoms with E-state index in [1.807, 2.05) is 83.4 Å². The van der Waals surface area contributed by atoms with Crippen molar-refractivity contribution in [3.05, 3.63) is 101 Å². The van der Waals surface area contributed by atoms with Crippen LogP contribution in [0.2, 0.25) is 5.02 Å². The van der Waals surface area contributed by atoms with Crippen LogP contribution < -0.4 is 5.32 Å². The first-order valence-electron chi connectivity index (χ1n) is 10.8. The number of ether oxygens (including phenoxy) is 1.